The Bertz CT molecular complexity index is 637. The lowest BCUT2D eigenvalue weighted by Crippen LogP contribution is -2.51. The van der Waals surface area contributed by atoms with Crippen LogP contribution in [0.1, 0.15) is 24.0 Å². The molecule has 4 atom stereocenters. The van der Waals surface area contributed by atoms with Gasteiger partial charge < -0.3 is 19.7 Å². The minimum Gasteiger partial charge on any atom is -0.382 e. The van der Waals surface area contributed by atoms with Gasteiger partial charge in [0.2, 0.25) is 0 Å². The molecule has 2 fully saturated rings. The number of hydrogen-bond donors (Lipinski definition) is 1. The molecule has 144 valence electrons. The molecule has 26 heavy (non-hydrogen) atoms. The van der Waals surface area contributed by atoms with Crippen molar-refractivity contribution in [2.45, 2.75) is 25.4 Å². The normalized spacial score (nSPS) is 29.6. The topological polar surface area (TPSA) is 46.1 Å². The SMILES string of the molecule is CCNC(=NCC1C2Cc3ccccc3C12)N1CCOC(COC)C1.I. The summed E-state index contributed by atoms with van der Waals surface area (Å²) in [5.74, 6) is 3.31. The standard InChI is InChI=1S/C20H29N3O2.HI/c1-3-21-20(23-8-9-25-15(12-23)13-24-2)22-11-18-17-10-14-6-4-5-7-16(14)19(17)18;/h4-7,15,17-19H,3,8-13H2,1-2H3,(H,21,22);1H. The minimum absolute atomic E-state index is 0. The van der Waals surface area contributed by atoms with Crippen LogP contribution < -0.4 is 5.32 Å². The molecule has 4 rings (SSSR count). The van der Waals surface area contributed by atoms with E-state index in [0.717, 1.165) is 56.5 Å². The minimum atomic E-state index is 0. The van der Waals surface area contributed by atoms with Gasteiger partial charge in [-0.05, 0) is 42.2 Å². The maximum Gasteiger partial charge on any atom is 0.194 e. The molecule has 2 aliphatic carbocycles. The summed E-state index contributed by atoms with van der Waals surface area (Å²) in [5, 5.41) is 3.46. The van der Waals surface area contributed by atoms with Crippen LogP contribution in [0.4, 0.5) is 0 Å². The van der Waals surface area contributed by atoms with Gasteiger partial charge in [0.1, 0.15) is 0 Å². The third-order valence-corrected chi connectivity index (χ3v) is 5.78. The second kappa shape index (κ2) is 8.89. The second-order valence-corrected chi connectivity index (χ2v) is 7.35. The largest absolute Gasteiger partial charge is 0.382 e. The van der Waals surface area contributed by atoms with Crippen LogP contribution in [0.25, 0.3) is 0 Å². The molecule has 1 N–H and O–H groups in total. The zero-order valence-electron chi connectivity index (χ0n) is 15.7. The third kappa shape index (κ3) is 4.02. The third-order valence-electron chi connectivity index (χ3n) is 5.78. The molecule has 1 heterocycles. The highest BCUT2D eigenvalue weighted by molar-refractivity contribution is 14.0. The first-order valence-electron chi connectivity index (χ1n) is 9.53. The number of methoxy groups -OCH3 is 1. The molecule has 0 radical (unpaired) electrons. The van der Waals surface area contributed by atoms with Crippen LogP contribution in [-0.2, 0) is 15.9 Å². The summed E-state index contributed by atoms with van der Waals surface area (Å²) in [5.41, 5.74) is 3.13. The van der Waals surface area contributed by atoms with E-state index >= 15 is 0 Å². The molecule has 1 aromatic rings. The number of nitrogens with one attached hydrogen (secondary N) is 1. The van der Waals surface area contributed by atoms with Gasteiger partial charge >= 0.3 is 0 Å². The molecule has 1 aliphatic heterocycles. The average molecular weight is 471 g/mol. The Labute approximate surface area is 173 Å². The van der Waals surface area contributed by atoms with Crippen molar-refractivity contribution in [3.63, 3.8) is 0 Å². The van der Waals surface area contributed by atoms with Crippen molar-refractivity contribution < 1.29 is 9.47 Å². The number of fused-ring (bicyclic) bond motifs is 3. The van der Waals surface area contributed by atoms with Crippen molar-refractivity contribution in [3.05, 3.63) is 35.4 Å². The zero-order valence-corrected chi connectivity index (χ0v) is 18.0. The predicted octanol–water partition coefficient (Wildman–Crippen LogP) is 2.50. The molecule has 0 aromatic heterocycles. The number of nitrogens with zero attached hydrogens (tertiary/aromatic N) is 2. The van der Waals surface area contributed by atoms with Gasteiger partial charge in [-0.15, -0.1) is 24.0 Å². The molecule has 0 amide bonds. The van der Waals surface area contributed by atoms with Gasteiger partial charge in [0.05, 0.1) is 19.3 Å². The zero-order chi connectivity index (χ0) is 17.2. The highest BCUT2D eigenvalue weighted by Gasteiger charge is 2.55. The Morgan fingerprint density at radius 2 is 2.23 bits per heavy atom. The van der Waals surface area contributed by atoms with Gasteiger partial charge in [-0.2, -0.15) is 0 Å². The molecule has 5 nitrogen and oxygen atoms in total. The monoisotopic (exact) mass is 471 g/mol. The van der Waals surface area contributed by atoms with Crippen LogP contribution in [0, 0.1) is 11.8 Å². The summed E-state index contributed by atoms with van der Waals surface area (Å²) in [7, 11) is 1.73. The first-order chi connectivity index (χ1) is 12.3. The summed E-state index contributed by atoms with van der Waals surface area (Å²) in [4.78, 5) is 7.31. The van der Waals surface area contributed by atoms with Crippen LogP contribution in [0.3, 0.4) is 0 Å². The lowest BCUT2D eigenvalue weighted by molar-refractivity contribution is -0.0447. The maximum absolute atomic E-state index is 5.77. The van der Waals surface area contributed by atoms with Crippen molar-refractivity contribution in [2.24, 2.45) is 16.8 Å². The van der Waals surface area contributed by atoms with Gasteiger partial charge in [0.15, 0.2) is 5.96 Å². The van der Waals surface area contributed by atoms with Crippen molar-refractivity contribution in [3.8, 4) is 0 Å². The highest BCUT2D eigenvalue weighted by Crippen LogP contribution is 2.61. The summed E-state index contributed by atoms with van der Waals surface area (Å²) < 4.78 is 11.0. The molecule has 4 unspecified atom stereocenters. The van der Waals surface area contributed by atoms with Crippen LogP contribution in [0.5, 0.6) is 0 Å². The molecule has 0 spiro atoms. The first-order valence-corrected chi connectivity index (χ1v) is 9.53. The Balaban J connectivity index is 0.00000196. The molecular formula is C20H30IN3O2. The Morgan fingerprint density at radius 3 is 3.04 bits per heavy atom. The van der Waals surface area contributed by atoms with E-state index in [4.69, 9.17) is 14.5 Å². The van der Waals surface area contributed by atoms with Gasteiger partial charge in [-0.25, -0.2) is 0 Å². The van der Waals surface area contributed by atoms with Gasteiger partial charge in [0, 0.05) is 33.3 Å². The second-order valence-electron chi connectivity index (χ2n) is 7.35. The molecule has 6 heteroatoms. The number of hydrogen-bond acceptors (Lipinski definition) is 3. The smallest absolute Gasteiger partial charge is 0.194 e. The van der Waals surface area contributed by atoms with Gasteiger partial charge in [0.25, 0.3) is 0 Å². The quantitative estimate of drug-likeness (QED) is 0.408. The van der Waals surface area contributed by atoms with Gasteiger partial charge in [-0.3, -0.25) is 4.99 Å². The van der Waals surface area contributed by atoms with Crippen molar-refractivity contribution in [2.75, 3.05) is 46.5 Å². The van der Waals surface area contributed by atoms with Crippen LogP contribution in [0.15, 0.2) is 29.3 Å². The highest BCUT2D eigenvalue weighted by atomic mass is 127. The molecule has 1 saturated carbocycles. The number of aliphatic imine (C=N–C) groups is 1. The van der Waals surface area contributed by atoms with Gasteiger partial charge in [-0.1, -0.05) is 24.3 Å². The van der Waals surface area contributed by atoms with Crippen LogP contribution in [0.2, 0.25) is 0 Å². The Kier molecular flexibility index (Phi) is 6.80. The Hall–Kier alpha value is -0.860. The average Bonchev–Trinajstić information content (AvgIpc) is 3.17. The van der Waals surface area contributed by atoms with E-state index in [1.54, 1.807) is 18.2 Å². The van der Waals surface area contributed by atoms with E-state index in [9.17, 15) is 0 Å². The predicted molar refractivity (Wildman–Crippen MR) is 114 cm³/mol. The van der Waals surface area contributed by atoms with E-state index in [0.29, 0.717) is 6.61 Å². The van der Waals surface area contributed by atoms with E-state index < -0.39 is 0 Å². The fourth-order valence-electron chi connectivity index (χ4n) is 4.55. The van der Waals surface area contributed by atoms with Crippen molar-refractivity contribution in [1.29, 1.82) is 0 Å². The number of rotatable bonds is 5. The lowest BCUT2D eigenvalue weighted by Gasteiger charge is -2.34. The Morgan fingerprint density at radius 1 is 1.38 bits per heavy atom. The summed E-state index contributed by atoms with van der Waals surface area (Å²) in [6, 6.07) is 8.93. The van der Waals surface area contributed by atoms with Crippen LogP contribution >= 0.6 is 24.0 Å². The van der Waals surface area contributed by atoms with Crippen molar-refractivity contribution in [1.82, 2.24) is 10.2 Å². The first kappa shape index (κ1) is 19.9. The number of ether oxygens (including phenoxy) is 2. The van der Waals surface area contributed by atoms with E-state index in [1.165, 1.54) is 6.42 Å². The van der Waals surface area contributed by atoms with E-state index in [2.05, 4.69) is 41.4 Å². The fraction of sp³-hybridized carbons (Fsp3) is 0.650. The molecule has 3 aliphatic rings. The van der Waals surface area contributed by atoms with Crippen molar-refractivity contribution >= 4 is 29.9 Å². The van der Waals surface area contributed by atoms with E-state index in [1.807, 2.05) is 0 Å². The molecular weight excluding hydrogens is 441 g/mol. The summed E-state index contributed by atoms with van der Waals surface area (Å²) >= 11 is 0. The number of benzene rings is 1. The molecule has 1 aromatic carbocycles. The number of guanidine groups is 1. The van der Waals surface area contributed by atoms with Crippen LogP contribution in [-0.4, -0.2) is 63.5 Å². The number of morpholine rings is 1. The molecule has 1 saturated heterocycles. The summed E-state index contributed by atoms with van der Waals surface area (Å²) in [6.07, 6.45) is 1.38. The fourth-order valence-corrected chi connectivity index (χ4v) is 4.55. The molecule has 0 bridgehead atoms. The maximum atomic E-state index is 5.77. The van der Waals surface area contributed by atoms with E-state index in [-0.39, 0.29) is 30.1 Å². The lowest BCUT2D eigenvalue weighted by atomic mass is 10.0. The summed E-state index contributed by atoms with van der Waals surface area (Å²) in [6.45, 7) is 7.07. The number of halogens is 1.